The Morgan fingerprint density at radius 1 is 1.39 bits per heavy atom. The molecule has 6 nitrogen and oxygen atoms in total. The van der Waals surface area contributed by atoms with Gasteiger partial charge < -0.3 is 5.32 Å². The van der Waals surface area contributed by atoms with Crippen molar-refractivity contribution in [1.29, 1.82) is 5.26 Å². The first-order chi connectivity index (χ1) is 15.8. The van der Waals surface area contributed by atoms with Gasteiger partial charge in [-0.3, -0.25) is 9.36 Å². The topological polar surface area (TPSA) is 83.6 Å². The van der Waals surface area contributed by atoms with Crippen molar-refractivity contribution in [1.82, 2.24) is 14.8 Å². The van der Waals surface area contributed by atoms with E-state index in [-0.39, 0.29) is 17.7 Å². The van der Waals surface area contributed by atoms with E-state index in [2.05, 4.69) is 66.1 Å². The summed E-state index contributed by atoms with van der Waals surface area (Å²) >= 11 is 4.67. The van der Waals surface area contributed by atoms with Gasteiger partial charge in [0.15, 0.2) is 11.0 Å². The number of hydrogen-bond acceptors (Lipinski definition) is 7. The van der Waals surface area contributed by atoms with Crippen LogP contribution in [0.15, 0.2) is 10.5 Å². The van der Waals surface area contributed by atoms with E-state index in [9.17, 15) is 10.1 Å². The Kier molecular flexibility index (Phi) is 7.27. The summed E-state index contributed by atoms with van der Waals surface area (Å²) in [4.78, 5) is 15.3. The lowest BCUT2D eigenvalue weighted by Crippen LogP contribution is -2.15. The van der Waals surface area contributed by atoms with Gasteiger partial charge in [-0.1, -0.05) is 25.1 Å². The lowest BCUT2D eigenvalue weighted by atomic mass is 9.86. The number of aryl methyl sites for hydroxylation is 1. The van der Waals surface area contributed by atoms with Gasteiger partial charge in [-0.15, -0.1) is 32.9 Å². The predicted octanol–water partition coefficient (Wildman–Crippen LogP) is 6.38. The SMILES string of the molecule is CCC1CCc2c(sc(NC(=O)CSc3nnc(-c4csc(C)c4C)n3C(C)C)c2C#N)C1. The molecule has 33 heavy (non-hydrogen) atoms. The number of anilines is 1. The molecule has 3 aromatic rings. The second-order valence-corrected chi connectivity index (χ2v) is 11.9. The molecule has 0 radical (unpaired) electrons. The first-order valence-electron chi connectivity index (χ1n) is 11.3. The van der Waals surface area contributed by atoms with E-state index in [1.807, 2.05) is 0 Å². The number of thioether (sulfide) groups is 1. The summed E-state index contributed by atoms with van der Waals surface area (Å²) in [5.41, 5.74) is 4.11. The molecule has 0 saturated heterocycles. The van der Waals surface area contributed by atoms with E-state index in [4.69, 9.17) is 0 Å². The smallest absolute Gasteiger partial charge is 0.235 e. The Morgan fingerprint density at radius 2 is 2.18 bits per heavy atom. The van der Waals surface area contributed by atoms with Crippen molar-refractivity contribution >= 4 is 45.3 Å². The fourth-order valence-corrected chi connectivity index (χ4v) is 7.32. The molecule has 0 aliphatic heterocycles. The molecule has 3 aromatic heterocycles. The van der Waals surface area contributed by atoms with Gasteiger partial charge in [0.05, 0.1) is 11.3 Å². The Hall–Kier alpha value is -2.15. The van der Waals surface area contributed by atoms with Crippen molar-refractivity contribution in [2.45, 2.75) is 71.5 Å². The first-order valence-corrected chi connectivity index (χ1v) is 14.0. The van der Waals surface area contributed by atoms with Gasteiger partial charge in [-0.05, 0) is 64.0 Å². The van der Waals surface area contributed by atoms with Gasteiger partial charge in [-0.2, -0.15) is 5.26 Å². The van der Waals surface area contributed by atoms with Crippen LogP contribution in [0.3, 0.4) is 0 Å². The number of carbonyl (C=O) groups excluding carboxylic acids is 1. The highest BCUT2D eigenvalue weighted by atomic mass is 32.2. The van der Waals surface area contributed by atoms with Gasteiger partial charge in [0.25, 0.3) is 0 Å². The fourth-order valence-electron chi connectivity index (χ4n) is 4.26. The minimum Gasteiger partial charge on any atom is -0.316 e. The van der Waals surface area contributed by atoms with E-state index < -0.39 is 0 Å². The summed E-state index contributed by atoms with van der Waals surface area (Å²) in [6.07, 6.45) is 4.21. The maximum Gasteiger partial charge on any atom is 0.235 e. The number of nitrogens with one attached hydrogen (secondary N) is 1. The molecule has 9 heteroatoms. The molecular formula is C24H29N5OS3. The highest BCUT2D eigenvalue weighted by Gasteiger charge is 2.26. The quantitative estimate of drug-likeness (QED) is 0.381. The number of carbonyl (C=O) groups is 1. The van der Waals surface area contributed by atoms with Crippen LogP contribution in [0, 0.1) is 31.1 Å². The summed E-state index contributed by atoms with van der Waals surface area (Å²) in [7, 11) is 0. The zero-order chi connectivity index (χ0) is 23.7. The van der Waals surface area contributed by atoms with Gasteiger partial charge in [0.1, 0.15) is 11.1 Å². The lowest BCUT2D eigenvalue weighted by Gasteiger charge is -2.20. The van der Waals surface area contributed by atoms with Crippen molar-refractivity contribution in [2.75, 3.05) is 11.1 Å². The summed E-state index contributed by atoms with van der Waals surface area (Å²) in [6.45, 7) is 10.6. The number of thiophene rings is 2. The minimum atomic E-state index is -0.121. The van der Waals surface area contributed by atoms with Crippen LogP contribution in [-0.4, -0.2) is 26.4 Å². The van der Waals surface area contributed by atoms with Crippen molar-refractivity contribution < 1.29 is 4.79 Å². The van der Waals surface area contributed by atoms with Crippen LogP contribution >= 0.6 is 34.4 Å². The standard InChI is InChI=1S/C24H29N5OS3/c1-6-16-7-8-17-18(10-25)23(33-20(17)9-16)26-21(30)12-32-24-28-27-22(29(24)13(2)3)19-11-31-15(5)14(19)4/h11,13,16H,6-9,12H2,1-5H3,(H,26,30). The molecule has 4 rings (SSSR count). The molecule has 0 saturated carbocycles. The molecule has 1 unspecified atom stereocenters. The number of rotatable bonds is 7. The minimum absolute atomic E-state index is 0.121. The number of nitriles is 1. The van der Waals surface area contributed by atoms with Crippen LogP contribution in [0.2, 0.25) is 0 Å². The summed E-state index contributed by atoms with van der Waals surface area (Å²) < 4.78 is 2.10. The molecule has 1 aliphatic carbocycles. The third kappa shape index (κ3) is 4.75. The van der Waals surface area contributed by atoms with Crippen LogP contribution in [0.1, 0.15) is 66.1 Å². The molecule has 174 valence electrons. The number of fused-ring (bicyclic) bond motifs is 1. The van der Waals surface area contributed by atoms with Gasteiger partial charge in [-0.25, -0.2) is 0 Å². The van der Waals surface area contributed by atoms with E-state index in [1.54, 1.807) is 22.7 Å². The van der Waals surface area contributed by atoms with Gasteiger partial charge in [0.2, 0.25) is 5.91 Å². The largest absolute Gasteiger partial charge is 0.316 e. The number of hydrogen-bond donors (Lipinski definition) is 1. The molecule has 1 aliphatic rings. The Balaban J connectivity index is 1.49. The Labute approximate surface area is 207 Å². The maximum absolute atomic E-state index is 12.8. The predicted molar refractivity (Wildman–Crippen MR) is 137 cm³/mol. The highest BCUT2D eigenvalue weighted by Crippen LogP contribution is 2.40. The molecule has 1 N–H and O–H groups in total. The van der Waals surface area contributed by atoms with E-state index in [0.29, 0.717) is 16.5 Å². The van der Waals surface area contributed by atoms with Gasteiger partial charge in [0, 0.05) is 26.7 Å². The van der Waals surface area contributed by atoms with Crippen LogP contribution in [0.5, 0.6) is 0 Å². The van der Waals surface area contributed by atoms with Crippen LogP contribution in [0.4, 0.5) is 5.00 Å². The molecule has 1 atom stereocenters. The molecule has 0 aromatic carbocycles. The average Bonchev–Trinajstić information content (AvgIpc) is 3.46. The van der Waals surface area contributed by atoms with Gasteiger partial charge >= 0.3 is 0 Å². The zero-order valence-corrected chi connectivity index (χ0v) is 22.1. The fraction of sp³-hybridized carbons (Fsp3) is 0.500. The Bertz CT molecular complexity index is 1210. The van der Waals surface area contributed by atoms with E-state index in [0.717, 1.165) is 47.8 Å². The third-order valence-corrected chi connectivity index (χ3v) is 9.48. The first kappa shape index (κ1) is 24.0. The highest BCUT2D eigenvalue weighted by molar-refractivity contribution is 7.99. The van der Waals surface area contributed by atoms with Crippen LogP contribution < -0.4 is 5.32 Å². The van der Waals surface area contributed by atoms with Crippen molar-refractivity contribution in [3.05, 3.63) is 31.8 Å². The monoisotopic (exact) mass is 499 g/mol. The second kappa shape index (κ2) is 10.00. The molecule has 0 bridgehead atoms. The van der Waals surface area contributed by atoms with Crippen molar-refractivity contribution in [3.63, 3.8) is 0 Å². The maximum atomic E-state index is 12.8. The summed E-state index contributed by atoms with van der Waals surface area (Å²) in [5.74, 6) is 1.62. The number of nitrogens with zero attached hydrogens (tertiary/aromatic N) is 4. The van der Waals surface area contributed by atoms with E-state index >= 15 is 0 Å². The molecule has 0 spiro atoms. The molecule has 0 fully saturated rings. The number of aromatic nitrogens is 3. The molecular weight excluding hydrogens is 470 g/mol. The summed E-state index contributed by atoms with van der Waals surface area (Å²) in [5, 5.41) is 25.1. The van der Waals surface area contributed by atoms with E-state index in [1.165, 1.54) is 27.1 Å². The second-order valence-electron chi connectivity index (χ2n) is 8.77. The number of amides is 1. The average molecular weight is 500 g/mol. The van der Waals surface area contributed by atoms with Crippen molar-refractivity contribution in [3.8, 4) is 17.5 Å². The molecule has 3 heterocycles. The summed E-state index contributed by atoms with van der Waals surface area (Å²) in [6, 6.07) is 2.50. The van der Waals surface area contributed by atoms with Crippen LogP contribution in [-0.2, 0) is 17.6 Å². The zero-order valence-electron chi connectivity index (χ0n) is 19.7. The molecule has 1 amide bonds. The normalized spacial score (nSPS) is 15.5. The van der Waals surface area contributed by atoms with Crippen LogP contribution in [0.25, 0.3) is 11.4 Å². The lowest BCUT2D eigenvalue weighted by molar-refractivity contribution is -0.113. The van der Waals surface area contributed by atoms with Crippen molar-refractivity contribution in [2.24, 2.45) is 5.92 Å². The third-order valence-electron chi connectivity index (χ3n) is 6.35. The Morgan fingerprint density at radius 3 is 2.82 bits per heavy atom.